The topological polar surface area (TPSA) is 37.4 Å². The minimum Gasteiger partial charge on any atom is -0.268 e. The molecule has 1 aliphatic rings. The van der Waals surface area contributed by atoms with E-state index >= 15 is 0 Å². The van der Waals surface area contributed by atoms with Crippen molar-refractivity contribution in [3.63, 3.8) is 0 Å². The van der Waals surface area contributed by atoms with E-state index in [9.17, 15) is 9.59 Å². The molecule has 0 saturated carbocycles. The quantitative estimate of drug-likeness (QED) is 0.567. The van der Waals surface area contributed by atoms with Crippen LogP contribution in [0.25, 0.3) is 5.57 Å². The molecule has 2 amide bonds. The maximum Gasteiger partial charge on any atom is 0.272 e. The second-order valence-electron chi connectivity index (χ2n) is 6.73. The number of imide groups is 1. The molecule has 6 heteroatoms. The maximum absolute atomic E-state index is 13.4. The van der Waals surface area contributed by atoms with Crippen LogP contribution in [0.5, 0.6) is 0 Å². The van der Waals surface area contributed by atoms with E-state index in [1.54, 1.807) is 18.2 Å². The lowest BCUT2D eigenvalue weighted by Crippen LogP contribution is -2.32. The number of carbonyl (C=O) groups is 2. The zero-order valence-electron chi connectivity index (χ0n) is 15.5. The molecule has 0 aliphatic carbocycles. The van der Waals surface area contributed by atoms with E-state index in [0.717, 1.165) is 11.1 Å². The van der Waals surface area contributed by atoms with Crippen molar-refractivity contribution in [2.24, 2.45) is 0 Å². The van der Waals surface area contributed by atoms with Gasteiger partial charge in [-0.2, -0.15) is 0 Å². The number of aryl methyl sites for hydroxylation is 2. The van der Waals surface area contributed by atoms with Crippen molar-refractivity contribution in [1.29, 1.82) is 0 Å². The van der Waals surface area contributed by atoms with Crippen LogP contribution < -0.4 is 4.90 Å². The average Bonchev–Trinajstić information content (AvgIpc) is 2.81. The lowest BCUT2D eigenvalue weighted by molar-refractivity contribution is -0.119. The van der Waals surface area contributed by atoms with Gasteiger partial charge in [-0.3, -0.25) is 9.59 Å². The van der Waals surface area contributed by atoms with E-state index in [1.807, 2.05) is 45.9 Å². The molecule has 1 aliphatic heterocycles. The van der Waals surface area contributed by atoms with Crippen molar-refractivity contribution in [3.8, 4) is 0 Å². The molecule has 0 radical (unpaired) electrons. The second kappa shape index (κ2) is 7.70. The van der Waals surface area contributed by atoms with Crippen LogP contribution in [0.2, 0.25) is 10.0 Å². The van der Waals surface area contributed by atoms with Gasteiger partial charge in [-0.15, -0.1) is 11.8 Å². The summed E-state index contributed by atoms with van der Waals surface area (Å²) in [6, 6.07) is 10.7. The van der Waals surface area contributed by atoms with Gasteiger partial charge >= 0.3 is 0 Å². The standard InChI is InChI=1S/C21H19Cl2NO2S/c1-11(2)27-19-18(15-8-7-14(22)10-16(15)23)20(25)24(21(19)26)17-9-12(3)5-6-13(17)4/h5-11H,1-4H3. The highest BCUT2D eigenvalue weighted by atomic mass is 35.5. The molecule has 27 heavy (non-hydrogen) atoms. The largest absolute Gasteiger partial charge is 0.272 e. The lowest BCUT2D eigenvalue weighted by atomic mass is 10.1. The fraction of sp³-hybridized carbons (Fsp3) is 0.238. The molecule has 0 atom stereocenters. The van der Waals surface area contributed by atoms with Crippen molar-refractivity contribution in [1.82, 2.24) is 0 Å². The number of thioether (sulfide) groups is 1. The summed E-state index contributed by atoms with van der Waals surface area (Å²) in [6.45, 7) is 7.79. The third kappa shape index (κ3) is 3.79. The predicted molar refractivity (Wildman–Crippen MR) is 115 cm³/mol. The molecule has 0 aromatic heterocycles. The van der Waals surface area contributed by atoms with Crippen molar-refractivity contribution in [2.75, 3.05) is 4.90 Å². The molecular weight excluding hydrogens is 401 g/mol. The normalized spacial score (nSPS) is 14.7. The van der Waals surface area contributed by atoms with Crippen LogP contribution >= 0.6 is 35.0 Å². The Morgan fingerprint density at radius 1 is 0.963 bits per heavy atom. The first kappa shape index (κ1) is 20.0. The number of benzene rings is 2. The Morgan fingerprint density at radius 3 is 2.30 bits per heavy atom. The van der Waals surface area contributed by atoms with Gasteiger partial charge < -0.3 is 0 Å². The summed E-state index contributed by atoms with van der Waals surface area (Å²) in [5.41, 5.74) is 3.30. The molecule has 0 N–H and O–H groups in total. The summed E-state index contributed by atoms with van der Waals surface area (Å²) < 4.78 is 0. The van der Waals surface area contributed by atoms with E-state index < -0.39 is 0 Å². The average molecular weight is 420 g/mol. The molecule has 0 saturated heterocycles. The van der Waals surface area contributed by atoms with Gasteiger partial charge in [0, 0.05) is 15.8 Å². The Labute approximate surface area is 173 Å². The molecule has 3 rings (SSSR count). The van der Waals surface area contributed by atoms with E-state index in [0.29, 0.717) is 31.8 Å². The van der Waals surface area contributed by atoms with Crippen LogP contribution in [-0.4, -0.2) is 17.1 Å². The number of rotatable bonds is 4. The van der Waals surface area contributed by atoms with Gasteiger partial charge in [0.2, 0.25) is 0 Å². The van der Waals surface area contributed by atoms with Crippen molar-refractivity contribution in [2.45, 2.75) is 32.9 Å². The summed E-state index contributed by atoms with van der Waals surface area (Å²) in [6.07, 6.45) is 0. The molecule has 0 fully saturated rings. The van der Waals surface area contributed by atoms with Gasteiger partial charge in [0.05, 0.1) is 21.2 Å². The fourth-order valence-corrected chi connectivity index (χ4v) is 4.45. The summed E-state index contributed by atoms with van der Waals surface area (Å²) in [5, 5.41) is 0.963. The summed E-state index contributed by atoms with van der Waals surface area (Å²) in [7, 11) is 0. The van der Waals surface area contributed by atoms with Crippen LogP contribution in [0.4, 0.5) is 5.69 Å². The Bertz CT molecular complexity index is 982. The predicted octanol–water partition coefficient (Wildman–Crippen LogP) is 6.04. The third-order valence-electron chi connectivity index (χ3n) is 4.20. The van der Waals surface area contributed by atoms with Crippen LogP contribution in [0, 0.1) is 13.8 Å². The summed E-state index contributed by atoms with van der Waals surface area (Å²) in [4.78, 5) is 28.3. The molecule has 0 spiro atoms. The monoisotopic (exact) mass is 419 g/mol. The molecule has 1 heterocycles. The van der Waals surface area contributed by atoms with Crippen LogP contribution in [0.3, 0.4) is 0 Å². The fourth-order valence-electron chi connectivity index (χ4n) is 2.96. The van der Waals surface area contributed by atoms with Gasteiger partial charge in [-0.1, -0.05) is 55.2 Å². The van der Waals surface area contributed by atoms with Crippen molar-refractivity contribution < 1.29 is 9.59 Å². The first-order chi connectivity index (χ1) is 12.7. The first-order valence-corrected chi connectivity index (χ1v) is 10.2. The lowest BCUT2D eigenvalue weighted by Gasteiger charge is -2.18. The van der Waals surface area contributed by atoms with Gasteiger partial charge in [0.25, 0.3) is 11.8 Å². The van der Waals surface area contributed by atoms with Gasteiger partial charge in [-0.25, -0.2) is 4.90 Å². The zero-order valence-corrected chi connectivity index (χ0v) is 17.8. The minimum absolute atomic E-state index is 0.136. The molecule has 140 valence electrons. The van der Waals surface area contributed by atoms with Crippen molar-refractivity contribution >= 4 is 58.0 Å². The Hall–Kier alpha value is -1.75. The van der Waals surface area contributed by atoms with Crippen molar-refractivity contribution in [3.05, 3.63) is 68.0 Å². The zero-order chi connectivity index (χ0) is 19.9. The van der Waals surface area contributed by atoms with E-state index in [2.05, 4.69) is 0 Å². The molecular formula is C21H19Cl2NO2S. The summed E-state index contributed by atoms with van der Waals surface area (Å²) in [5.74, 6) is -0.672. The summed E-state index contributed by atoms with van der Waals surface area (Å²) >= 11 is 13.7. The number of carbonyl (C=O) groups excluding carboxylic acids is 2. The molecule has 0 unspecified atom stereocenters. The van der Waals surface area contributed by atoms with Crippen LogP contribution in [-0.2, 0) is 9.59 Å². The van der Waals surface area contributed by atoms with E-state index in [-0.39, 0.29) is 17.1 Å². The van der Waals surface area contributed by atoms with Gasteiger partial charge in [0.1, 0.15) is 0 Å². The number of anilines is 1. The number of halogens is 2. The first-order valence-electron chi connectivity index (χ1n) is 8.53. The molecule has 0 bridgehead atoms. The van der Waals surface area contributed by atoms with Gasteiger partial charge in [0.15, 0.2) is 0 Å². The van der Waals surface area contributed by atoms with Gasteiger partial charge in [-0.05, 0) is 43.2 Å². The Balaban J connectivity index is 2.19. The molecule has 2 aromatic carbocycles. The smallest absolute Gasteiger partial charge is 0.268 e. The highest BCUT2D eigenvalue weighted by Gasteiger charge is 2.41. The SMILES string of the molecule is Cc1ccc(C)c(N2C(=O)C(SC(C)C)=C(c3ccc(Cl)cc3Cl)C2=O)c1. The minimum atomic E-state index is -0.360. The van der Waals surface area contributed by atoms with E-state index in [1.165, 1.54) is 16.7 Å². The number of amides is 2. The Kier molecular flexibility index (Phi) is 5.71. The second-order valence-corrected chi connectivity index (χ2v) is 9.16. The number of hydrogen-bond donors (Lipinski definition) is 0. The Morgan fingerprint density at radius 2 is 1.67 bits per heavy atom. The molecule has 3 nitrogen and oxygen atoms in total. The molecule has 2 aromatic rings. The number of hydrogen-bond acceptors (Lipinski definition) is 3. The van der Waals surface area contributed by atoms with Crippen LogP contribution in [0.1, 0.15) is 30.5 Å². The highest BCUT2D eigenvalue weighted by molar-refractivity contribution is 8.04. The van der Waals surface area contributed by atoms with Crippen LogP contribution in [0.15, 0.2) is 41.3 Å². The number of nitrogens with zero attached hydrogens (tertiary/aromatic N) is 1. The maximum atomic E-state index is 13.4. The van der Waals surface area contributed by atoms with E-state index in [4.69, 9.17) is 23.2 Å². The highest BCUT2D eigenvalue weighted by Crippen LogP contribution is 2.42. The third-order valence-corrected chi connectivity index (χ3v) is 5.83.